The van der Waals surface area contributed by atoms with Crippen LogP contribution < -0.4 is 10.2 Å². The number of rotatable bonds is 6. The van der Waals surface area contributed by atoms with Gasteiger partial charge in [-0.15, -0.1) is 0 Å². The highest BCUT2D eigenvalue weighted by Crippen LogP contribution is 2.22. The van der Waals surface area contributed by atoms with E-state index in [1.165, 1.54) is 18.2 Å². The molecule has 1 saturated heterocycles. The number of hydrogen-bond donors (Lipinski definition) is 2. The van der Waals surface area contributed by atoms with E-state index in [9.17, 15) is 18.7 Å². The number of ether oxygens (including phenoxy) is 1. The number of carbonyl (C=O) groups excluding carboxylic acids is 1. The summed E-state index contributed by atoms with van der Waals surface area (Å²) in [6.07, 6.45) is 2.32. The van der Waals surface area contributed by atoms with Crippen LogP contribution in [0, 0.1) is 11.6 Å². The molecule has 0 aromatic heterocycles. The van der Waals surface area contributed by atoms with E-state index in [-0.39, 0.29) is 12.2 Å². The van der Waals surface area contributed by atoms with Crippen molar-refractivity contribution >= 4 is 17.7 Å². The van der Waals surface area contributed by atoms with Crippen LogP contribution >= 0.6 is 0 Å². The third kappa shape index (κ3) is 4.94. The number of amides is 1. The lowest BCUT2D eigenvalue weighted by atomic mass is 10.1. The van der Waals surface area contributed by atoms with Gasteiger partial charge < -0.3 is 20.1 Å². The zero-order chi connectivity index (χ0) is 19.9. The molecule has 2 aromatic carbocycles. The molecule has 1 amide bonds. The molecule has 0 aliphatic carbocycles. The summed E-state index contributed by atoms with van der Waals surface area (Å²) in [4.78, 5) is 14.4. The molecule has 7 heteroatoms. The normalized spacial score (nSPS) is 15.6. The van der Waals surface area contributed by atoms with Crippen LogP contribution in [0.15, 0.2) is 48.5 Å². The summed E-state index contributed by atoms with van der Waals surface area (Å²) in [6, 6.07) is 10.7. The number of aliphatic hydroxyl groups excluding tert-OH is 1. The van der Waals surface area contributed by atoms with Crippen LogP contribution in [-0.2, 0) is 9.53 Å². The number of anilines is 1. The summed E-state index contributed by atoms with van der Waals surface area (Å²) in [7, 11) is 0. The lowest BCUT2D eigenvalue weighted by Gasteiger charge is -2.29. The van der Waals surface area contributed by atoms with Crippen molar-refractivity contribution in [2.75, 3.05) is 37.8 Å². The zero-order valence-corrected chi connectivity index (χ0v) is 15.3. The summed E-state index contributed by atoms with van der Waals surface area (Å²) in [5.41, 5.74) is 1.72. The van der Waals surface area contributed by atoms with E-state index < -0.39 is 23.6 Å². The molecular formula is C21H22F2N2O3. The van der Waals surface area contributed by atoms with Crippen LogP contribution in [-0.4, -0.2) is 43.9 Å². The average molecular weight is 388 g/mol. The molecule has 0 saturated carbocycles. The fourth-order valence-electron chi connectivity index (χ4n) is 3.03. The van der Waals surface area contributed by atoms with Crippen molar-refractivity contribution < 1.29 is 23.4 Å². The van der Waals surface area contributed by atoms with Crippen LogP contribution in [0.5, 0.6) is 0 Å². The van der Waals surface area contributed by atoms with Gasteiger partial charge in [0.15, 0.2) is 11.6 Å². The first kappa shape index (κ1) is 20.0. The van der Waals surface area contributed by atoms with Gasteiger partial charge in [-0.1, -0.05) is 24.3 Å². The van der Waals surface area contributed by atoms with Gasteiger partial charge in [0.05, 0.1) is 25.9 Å². The largest absolute Gasteiger partial charge is 0.394 e. The Kier molecular flexibility index (Phi) is 6.73. The summed E-state index contributed by atoms with van der Waals surface area (Å²) in [5, 5.41) is 12.4. The smallest absolute Gasteiger partial charge is 0.244 e. The van der Waals surface area contributed by atoms with E-state index in [1.807, 2.05) is 24.3 Å². The zero-order valence-electron chi connectivity index (χ0n) is 15.3. The highest BCUT2D eigenvalue weighted by molar-refractivity contribution is 5.92. The molecule has 1 heterocycles. The fourth-order valence-corrected chi connectivity index (χ4v) is 3.03. The monoisotopic (exact) mass is 388 g/mol. The predicted molar refractivity (Wildman–Crippen MR) is 103 cm³/mol. The van der Waals surface area contributed by atoms with Gasteiger partial charge in [-0.25, -0.2) is 8.78 Å². The van der Waals surface area contributed by atoms with Gasteiger partial charge >= 0.3 is 0 Å². The molecule has 1 fully saturated rings. The fraction of sp³-hybridized carbons (Fsp3) is 0.286. The first-order chi connectivity index (χ1) is 13.6. The summed E-state index contributed by atoms with van der Waals surface area (Å²) < 4.78 is 32.2. The first-order valence-electron chi connectivity index (χ1n) is 9.04. The van der Waals surface area contributed by atoms with Crippen LogP contribution in [0.1, 0.15) is 17.2 Å². The van der Waals surface area contributed by atoms with Gasteiger partial charge in [0.2, 0.25) is 5.91 Å². The molecule has 1 aliphatic rings. The molecule has 0 radical (unpaired) electrons. The maximum absolute atomic E-state index is 13.7. The molecule has 1 atom stereocenters. The van der Waals surface area contributed by atoms with E-state index in [0.717, 1.165) is 36.5 Å². The standard InChI is InChI=1S/C21H22F2N2O3/c22-18-6-2-3-15(21(18)23)7-8-20(27)24-19(14-26)16-4-1-5-17(13-16)25-9-11-28-12-10-25/h1-8,13,19,26H,9-12,14H2,(H,24,27)/b8-7+/t19-/m1/s1. The Morgan fingerprint density at radius 3 is 2.71 bits per heavy atom. The molecule has 5 nitrogen and oxygen atoms in total. The minimum absolute atomic E-state index is 0.0231. The van der Waals surface area contributed by atoms with Crippen molar-refractivity contribution in [1.29, 1.82) is 0 Å². The molecule has 28 heavy (non-hydrogen) atoms. The average Bonchev–Trinajstić information content (AvgIpc) is 2.74. The third-order valence-electron chi connectivity index (χ3n) is 4.54. The maximum atomic E-state index is 13.7. The molecule has 0 unspecified atom stereocenters. The number of halogens is 2. The number of carbonyl (C=O) groups is 1. The SMILES string of the molecule is O=C(/C=C/c1cccc(F)c1F)N[C@H](CO)c1cccc(N2CCOCC2)c1. The number of nitrogens with zero attached hydrogens (tertiary/aromatic N) is 1. The van der Waals surface area contributed by atoms with Crippen molar-refractivity contribution in [3.05, 3.63) is 71.3 Å². The molecule has 3 rings (SSSR count). The minimum Gasteiger partial charge on any atom is -0.394 e. The second kappa shape index (κ2) is 9.43. The first-order valence-corrected chi connectivity index (χ1v) is 9.04. The third-order valence-corrected chi connectivity index (χ3v) is 4.54. The Bertz CT molecular complexity index is 851. The summed E-state index contributed by atoms with van der Waals surface area (Å²) >= 11 is 0. The Morgan fingerprint density at radius 1 is 1.21 bits per heavy atom. The van der Waals surface area contributed by atoms with Crippen LogP contribution in [0.3, 0.4) is 0 Å². The van der Waals surface area contributed by atoms with Crippen molar-refractivity contribution in [2.24, 2.45) is 0 Å². The lowest BCUT2D eigenvalue weighted by Crippen LogP contribution is -2.36. The van der Waals surface area contributed by atoms with Gasteiger partial charge in [0.1, 0.15) is 0 Å². The van der Waals surface area contributed by atoms with Crippen molar-refractivity contribution in [3.8, 4) is 0 Å². The highest BCUT2D eigenvalue weighted by Gasteiger charge is 2.16. The van der Waals surface area contributed by atoms with Crippen LogP contribution in [0.4, 0.5) is 14.5 Å². The predicted octanol–water partition coefficient (Wildman–Crippen LogP) is 2.66. The molecule has 2 aromatic rings. The highest BCUT2D eigenvalue weighted by atomic mass is 19.2. The molecule has 2 N–H and O–H groups in total. The lowest BCUT2D eigenvalue weighted by molar-refractivity contribution is -0.117. The molecule has 1 aliphatic heterocycles. The minimum atomic E-state index is -1.01. The quantitative estimate of drug-likeness (QED) is 0.747. The Hall–Kier alpha value is -2.77. The van der Waals surface area contributed by atoms with Crippen molar-refractivity contribution in [2.45, 2.75) is 6.04 Å². The number of hydrogen-bond acceptors (Lipinski definition) is 4. The summed E-state index contributed by atoms with van der Waals surface area (Å²) in [5.74, 6) is -2.50. The Balaban J connectivity index is 1.69. The van der Waals surface area contributed by atoms with E-state index in [0.29, 0.717) is 13.2 Å². The van der Waals surface area contributed by atoms with Crippen LogP contribution in [0.25, 0.3) is 6.08 Å². The number of aliphatic hydroxyl groups is 1. The van der Waals surface area contributed by atoms with E-state index in [2.05, 4.69) is 10.2 Å². The van der Waals surface area contributed by atoms with E-state index >= 15 is 0 Å². The Morgan fingerprint density at radius 2 is 1.96 bits per heavy atom. The number of benzene rings is 2. The van der Waals surface area contributed by atoms with Crippen molar-refractivity contribution in [1.82, 2.24) is 5.32 Å². The van der Waals surface area contributed by atoms with Gasteiger partial charge in [-0.05, 0) is 29.8 Å². The second-order valence-corrected chi connectivity index (χ2v) is 6.41. The topological polar surface area (TPSA) is 61.8 Å². The molecule has 0 spiro atoms. The van der Waals surface area contributed by atoms with Gasteiger partial charge in [0.25, 0.3) is 0 Å². The number of morpholine rings is 1. The van der Waals surface area contributed by atoms with E-state index in [1.54, 1.807) is 0 Å². The maximum Gasteiger partial charge on any atom is 0.244 e. The number of nitrogens with one attached hydrogen (secondary N) is 1. The van der Waals surface area contributed by atoms with Crippen molar-refractivity contribution in [3.63, 3.8) is 0 Å². The Labute approximate surface area is 162 Å². The van der Waals surface area contributed by atoms with E-state index in [4.69, 9.17) is 4.74 Å². The summed E-state index contributed by atoms with van der Waals surface area (Å²) in [6.45, 7) is 2.58. The van der Waals surface area contributed by atoms with Crippen LogP contribution in [0.2, 0.25) is 0 Å². The van der Waals surface area contributed by atoms with Gasteiger partial charge in [-0.2, -0.15) is 0 Å². The van der Waals surface area contributed by atoms with Gasteiger partial charge in [-0.3, -0.25) is 4.79 Å². The molecule has 148 valence electrons. The second-order valence-electron chi connectivity index (χ2n) is 6.41. The molecular weight excluding hydrogens is 366 g/mol. The molecule has 0 bridgehead atoms. The van der Waals surface area contributed by atoms with Gasteiger partial charge in [0, 0.05) is 30.4 Å².